The minimum atomic E-state index is -3.56. The minimum Gasteiger partial charge on any atom is -0.325 e. The monoisotopic (exact) mass is 448 g/mol. The Morgan fingerprint density at radius 2 is 1.71 bits per heavy atom. The van der Waals surface area contributed by atoms with Crippen molar-refractivity contribution in [2.75, 3.05) is 25.0 Å². The number of carbonyl (C=O) groups excluding carboxylic acids is 3. The number of imide groups is 1. The normalized spacial score (nSPS) is 25.3. The van der Waals surface area contributed by atoms with Gasteiger partial charge in [-0.2, -0.15) is 4.31 Å². The molecule has 4 rings (SSSR count). The number of hydrogen-bond acceptors (Lipinski definition) is 5. The summed E-state index contributed by atoms with van der Waals surface area (Å²) in [4.78, 5) is 38.4. The summed E-state index contributed by atoms with van der Waals surface area (Å²) in [6, 6.07) is 5.40. The molecular formula is C21H28N4O5S. The topological polar surface area (TPSA) is 116 Å². The van der Waals surface area contributed by atoms with Crippen molar-refractivity contribution >= 4 is 33.6 Å². The zero-order valence-electron chi connectivity index (χ0n) is 17.6. The number of urea groups is 1. The lowest BCUT2D eigenvalue weighted by Gasteiger charge is -2.21. The molecule has 4 amide bonds. The fraction of sp³-hybridized carbons (Fsp3) is 0.571. The molecule has 0 bridgehead atoms. The highest BCUT2D eigenvalue weighted by Gasteiger charge is 2.56. The smallest absolute Gasteiger partial charge is 0.325 e. The number of anilines is 1. The highest BCUT2D eigenvalue weighted by atomic mass is 32.2. The molecule has 31 heavy (non-hydrogen) atoms. The molecule has 0 spiro atoms. The molecule has 1 unspecified atom stereocenters. The summed E-state index contributed by atoms with van der Waals surface area (Å²) in [6.07, 6.45) is 5.55. The standard InChI is InChI=1S/C21H28N4O5S/c1-21(15-6-7-15)19(27)25(20(28)23-21)14-18(26)22-16-8-10-17(11-9-16)31(29,30)24-12-4-2-3-5-13-24/h8-11,15H,2-7,12-14H2,1H3,(H,22,26)(H,23,28). The van der Waals surface area contributed by atoms with Gasteiger partial charge in [0.1, 0.15) is 12.1 Å². The largest absolute Gasteiger partial charge is 0.325 e. The number of nitrogens with zero attached hydrogens (tertiary/aromatic N) is 2. The van der Waals surface area contributed by atoms with E-state index in [0.29, 0.717) is 18.8 Å². The number of benzene rings is 1. The molecule has 168 valence electrons. The quantitative estimate of drug-likeness (QED) is 0.645. The molecule has 0 aromatic heterocycles. The summed E-state index contributed by atoms with van der Waals surface area (Å²) >= 11 is 0. The second-order valence-corrected chi connectivity index (χ2v) is 10.6. The van der Waals surface area contributed by atoms with Crippen LogP contribution in [0.15, 0.2) is 29.2 Å². The molecule has 3 fully saturated rings. The molecule has 2 N–H and O–H groups in total. The molecular weight excluding hydrogens is 420 g/mol. The molecule has 1 saturated carbocycles. The van der Waals surface area contributed by atoms with E-state index in [0.717, 1.165) is 43.4 Å². The third-order valence-corrected chi connectivity index (χ3v) is 8.25. The number of nitrogens with one attached hydrogen (secondary N) is 2. The summed E-state index contributed by atoms with van der Waals surface area (Å²) < 4.78 is 27.2. The molecule has 1 atom stereocenters. The second-order valence-electron chi connectivity index (χ2n) is 8.69. The molecule has 3 aliphatic rings. The van der Waals surface area contributed by atoms with Gasteiger partial charge in [-0.05, 0) is 62.8 Å². The van der Waals surface area contributed by atoms with Crippen LogP contribution >= 0.6 is 0 Å². The lowest BCUT2D eigenvalue weighted by molar-refractivity contribution is -0.134. The van der Waals surface area contributed by atoms with Crippen molar-refractivity contribution in [3.8, 4) is 0 Å². The van der Waals surface area contributed by atoms with Gasteiger partial charge in [-0.3, -0.25) is 14.5 Å². The predicted octanol–water partition coefficient (Wildman–Crippen LogP) is 1.91. The van der Waals surface area contributed by atoms with Crippen molar-refractivity contribution < 1.29 is 22.8 Å². The third kappa shape index (κ3) is 4.31. The first-order valence-corrected chi connectivity index (χ1v) is 12.2. The van der Waals surface area contributed by atoms with Gasteiger partial charge in [0.25, 0.3) is 5.91 Å². The summed E-state index contributed by atoms with van der Waals surface area (Å²) in [6.45, 7) is 2.35. The molecule has 1 aromatic carbocycles. The van der Waals surface area contributed by atoms with Gasteiger partial charge in [0, 0.05) is 18.8 Å². The number of carbonyl (C=O) groups is 3. The number of amides is 4. The first kappa shape index (κ1) is 21.8. The summed E-state index contributed by atoms with van der Waals surface area (Å²) in [5, 5.41) is 5.34. The summed E-state index contributed by atoms with van der Waals surface area (Å²) in [5.41, 5.74) is -0.530. The Hall–Kier alpha value is -2.46. The summed E-state index contributed by atoms with van der Waals surface area (Å²) in [7, 11) is -3.56. The van der Waals surface area contributed by atoms with Crippen LogP contribution in [-0.2, 0) is 19.6 Å². The van der Waals surface area contributed by atoms with E-state index in [1.807, 2.05) is 0 Å². The zero-order valence-corrected chi connectivity index (χ0v) is 18.4. The van der Waals surface area contributed by atoms with Crippen molar-refractivity contribution in [3.05, 3.63) is 24.3 Å². The number of sulfonamides is 1. The Labute approximate surface area is 182 Å². The Balaban J connectivity index is 1.38. The second kappa shape index (κ2) is 8.23. The maximum atomic E-state index is 12.8. The van der Waals surface area contributed by atoms with Crippen molar-refractivity contribution in [1.82, 2.24) is 14.5 Å². The Bertz CT molecular complexity index is 982. The zero-order chi connectivity index (χ0) is 22.2. The first-order valence-electron chi connectivity index (χ1n) is 10.8. The van der Waals surface area contributed by atoms with Crippen LogP contribution in [0.3, 0.4) is 0 Å². The van der Waals surface area contributed by atoms with E-state index in [-0.39, 0.29) is 23.3 Å². The third-order valence-electron chi connectivity index (χ3n) is 6.34. The average molecular weight is 449 g/mol. The van der Waals surface area contributed by atoms with Gasteiger partial charge in [0.2, 0.25) is 15.9 Å². The van der Waals surface area contributed by atoms with Gasteiger partial charge in [-0.1, -0.05) is 12.8 Å². The van der Waals surface area contributed by atoms with Crippen LogP contribution in [0.1, 0.15) is 45.4 Å². The molecule has 1 aliphatic carbocycles. The molecule has 1 aromatic rings. The van der Waals surface area contributed by atoms with Gasteiger partial charge >= 0.3 is 6.03 Å². The molecule has 2 heterocycles. The number of rotatable bonds is 6. The van der Waals surface area contributed by atoms with E-state index in [2.05, 4.69) is 10.6 Å². The van der Waals surface area contributed by atoms with E-state index >= 15 is 0 Å². The predicted molar refractivity (Wildman–Crippen MR) is 114 cm³/mol. The van der Waals surface area contributed by atoms with Gasteiger partial charge in [0.15, 0.2) is 0 Å². The summed E-state index contributed by atoms with van der Waals surface area (Å²) in [5.74, 6) is -0.781. The van der Waals surface area contributed by atoms with Crippen molar-refractivity contribution in [1.29, 1.82) is 0 Å². The van der Waals surface area contributed by atoms with Crippen molar-refractivity contribution in [3.63, 3.8) is 0 Å². The molecule has 2 saturated heterocycles. The van der Waals surface area contributed by atoms with Gasteiger partial charge in [-0.15, -0.1) is 0 Å². The molecule has 0 radical (unpaired) electrons. The van der Waals surface area contributed by atoms with Crippen molar-refractivity contribution in [2.45, 2.75) is 55.9 Å². The molecule has 10 heteroatoms. The van der Waals surface area contributed by atoms with Crippen LogP contribution < -0.4 is 10.6 Å². The minimum absolute atomic E-state index is 0.121. The van der Waals surface area contributed by atoms with Crippen LogP contribution in [0.4, 0.5) is 10.5 Å². The van der Waals surface area contributed by atoms with Gasteiger partial charge in [0.05, 0.1) is 4.90 Å². The Morgan fingerprint density at radius 3 is 2.29 bits per heavy atom. The maximum absolute atomic E-state index is 12.8. The van der Waals surface area contributed by atoms with E-state index in [9.17, 15) is 22.8 Å². The molecule has 9 nitrogen and oxygen atoms in total. The number of hydrogen-bond donors (Lipinski definition) is 2. The van der Waals surface area contributed by atoms with Crippen LogP contribution in [0.2, 0.25) is 0 Å². The van der Waals surface area contributed by atoms with Crippen LogP contribution in [0.5, 0.6) is 0 Å². The maximum Gasteiger partial charge on any atom is 0.325 e. The highest BCUT2D eigenvalue weighted by Crippen LogP contribution is 2.42. The first-order chi connectivity index (χ1) is 14.7. The van der Waals surface area contributed by atoms with Crippen LogP contribution in [0.25, 0.3) is 0 Å². The van der Waals surface area contributed by atoms with Crippen LogP contribution in [-0.4, -0.2) is 60.6 Å². The van der Waals surface area contributed by atoms with E-state index in [1.165, 1.54) is 28.6 Å². The van der Waals surface area contributed by atoms with Gasteiger partial charge < -0.3 is 10.6 Å². The Morgan fingerprint density at radius 1 is 1.10 bits per heavy atom. The van der Waals surface area contributed by atoms with Crippen molar-refractivity contribution in [2.24, 2.45) is 5.92 Å². The van der Waals surface area contributed by atoms with E-state index in [1.54, 1.807) is 6.92 Å². The Kier molecular flexibility index (Phi) is 5.78. The average Bonchev–Trinajstić information content (AvgIpc) is 3.57. The highest BCUT2D eigenvalue weighted by molar-refractivity contribution is 7.89. The fourth-order valence-corrected chi connectivity index (χ4v) is 5.80. The van der Waals surface area contributed by atoms with Crippen LogP contribution in [0, 0.1) is 5.92 Å². The lowest BCUT2D eigenvalue weighted by atomic mass is 9.96. The van der Waals surface area contributed by atoms with Gasteiger partial charge in [-0.25, -0.2) is 13.2 Å². The van der Waals surface area contributed by atoms with E-state index < -0.39 is 27.5 Å². The SMILES string of the molecule is CC1(C2CC2)NC(=O)N(CC(=O)Nc2ccc(S(=O)(=O)N3CCCCCC3)cc2)C1=O. The van der Waals surface area contributed by atoms with E-state index in [4.69, 9.17) is 0 Å². The molecule has 2 aliphatic heterocycles. The lowest BCUT2D eigenvalue weighted by Crippen LogP contribution is -2.46. The fourth-order valence-electron chi connectivity index (χ4n) is 4.28.